The standard InChI is InChI=1S/C17H17F4N9O.3H2/c18-10-1-3-11(4-2-10)27-16-28-15(22)30(29-16)13-7-12(25-9-26-13)23-6-5-14(31)24-8-17(19,20)21;;;/h1-4,7,9H,5-6,8H2,(H,24,31)(H,23,25,26)(H3,22,27,28,29);3*1H. The van der Waals surface area contributed by atoms with Gasteiger partial charge in [0.15, 0.2) is 5.82 Å². The largest absolute Gasteiger partial charge is 0.405 e. The van der Waals surface area contributed by atoms with Crippen LogP contribution in [0, 0.1) is 5.82 Å². The zero-order valence-electron chi connectivity index (χ0n) is 15.8. The molecule has 5 N–H and O–H groups in total. The molecule has 0 aliphatic rings. The summed E-state index contributed by atoms with van der Waals surface area (Å²) in [5, 5.41) is 11.6. The van der Waals surface area contributed by atoms with Crippen molar-refractivity contribution in [3.8, 4) is 5.82 Å². The molecule has 0 unspecified atom stereocenters. The lowest BCUT2D eigenvalue weighted by Gasteiger charge is -2.09. The summed E-state index contributed by atoms with van der Waals surface area (Å²) in [5.74, 6) is -0.411. The van der Waals surface area contributed by atoms with Crippen LogP contribution in [0.3, 0.4) is 0 Å². The van der Waals surface area contributed by atoms with E-state index in [1.165, 1.54) is 41.3 Å². The lowest BCUT2D eigenvalue weighted by molar-refractivity contribution is -0.138. The van der Waals surface area contributed by atoms with E-state index in [1.54, 1.807) is 5.32 Å². The first-order valence-corrected chi connectivity index (χ1v) is 8.84. The molecule has 1 amide bonds. The second kappa shape index (κ2) is 9.23. The number of nitrogens with zero attached hydrogens (tertiary/aromatic N) is 5. The third-order valence-electron chi connectivity index (χ3n) is 3.75. The number of anilines is 4. The van der Waals surface area contributed by atoms with E-state index in [-0.39, 0.29) is 40.8 Å². The van der Waals surface area contributed by atoms with Crippen LogP contribution in [0.25, 0.3) is 5.82 Å². The van der Waals surface area contributed by atoms with E-state index in [1.807, 2.05) is 0 Å². The molecular weight excluding hydrogens is 422 g/mol. The molecule has 0 aliphatic heterocycles. The minimum absolute atomic E-state index is 0. The maximum Gasteiger partial charge on any atom is 0.405 e. The first-order valence-electron chi connectivity index (χ1n) is 8.84. The first-order chi connectivity index (χ1) is 14.7. The Morgan fingerprint density at radius 1 is 1.19 bits per heavy atom. The Hall–Kier alpha value is -3.97. The molecule has 2 aromatic heterocycles. The molecule has 0 saturated heterocycles. The van der Waals surface area contributed by atoms with E-state index in [0.29, 0.717) is 11.5 Å². The van der Waals surface area contributed by atoms with Gasteiger partial charge < -0.3 is 21.7 Å². The van der Waals surface area contributed by atoms with Gasteiger partial charge in [-0.15, -0.1) is 5.10 Å². The number of nitrogen functional groups attached to an aromatic ring is 1. The monoisotopic (exact) mass is 445 g/mol. The Bertz CT molecular complexity index is 1050. The topological polar surface area (TPSA) is 136 Å². The zero-order valence-corrected chi connectivity index (χ0v) is 15.8. The summed E-state index contributed by atoms with van der Waals surface area (Å²) in [7, 11) is 0. The van der Waals surface area contributed by atoms with E-state index in [4.69, 9.17) is 5.73 Å². The predicted octanol–water partition coefficient (Wildman–Crippen LogP) is 2.74. The van der Waals surface area contributed by atoms with Gasteiger partial charge in [-0.3, -0.25) is 4.79 Å². The van der Waals surface area contributed by atoms with E-state index < -0.39 is 18.6 Å². The number of carbonyl (C=O) groups excluding carboxylic acids is 1. The van der Waals surface area contributed by atoms with Crippen LogP contribution in [0.15, 0.2) is 36.7 Å². The Kier molecular flexibility index (Phi) is 6.47. The van der Waals surface area contributed by atoms with Gasteiger partial charge in [-0.25, -0.2) is 14.4 Å². The van der Waals surface area contributed by atoms with E-state index >= 15 is 0 Å². The number of rotatable bonds is 8. The first kappa shape index (κ1) is 21.7. The van der Waals surface area contributed by atoms with Crippen LogP contribution in [0.4, 0.5) is 41.0 Å². The van der Waals surface area contributed by atoms with Crippen molar-refractivity contribution in [1.82, 2.24) is 30.0 Å². The van der Waals surface area contributed by atoms with Gasteiger partial charge in [0.2, 0.25) is 17.8 Å². The molecule has 0 saturated carbocycles. The summed E-state index contributed by atoms with van der Waals surface area (Å²) in [6.07, 6.45) is -3.44. The maximum atomic E-state index is 13.0. The van der Waals surface area contributed by atoms with Crippen LogP contribution < -0.4 is 21.7 Å². The summed E-state index contributed by atoms with van der Waals surface area (Å²) in [6.45, 7) is -1.34. The number of nitrogens with two attached hydrogens (primary N) is 1. The van der Waals surface area contributed by atoms with E-state index in [2.05, 4.69) is 30.7 Å². The number of benzene rings is 1. The Labute approximate surface area is 177 Å². The smallest absolute Gasteiger partial charge is 0.369 e. The van der Waals surface area contributed by atoms with Crippen molar-refractivity contribution in [2.75, 3.05) is 29.5 Å². The Morgan fingerprint density at radius 2 is 1.94 bits per heavy atom. The lowest BCUT2D eigenvalue weighted by Crippen LogP contribution is -2.34. The number of halogens is 4. The summed E-state index contributed by atoms with van der Waals surface area (Å²) in [4.78, 5) is 23.5. The van der Waals surface area contributed by atoms with Gasteiger partial charge in [-0.05, 0) is 24.3 Å². The van der Waals surface area contributed by atoms with Crippen LogP contribution in [-0.4, -0.2) is 49.9 Å². The average Bonchev–Trinajstić information content (AvgIpc) is 3.08. The quantitative estimate of drug-likeness (QED) is 0.389. The highest BCUT2D eigenvalue weighted by molar-refractivity contribution is 5.76. The van der Waals surface area contributed by atoms with Gasteiger partial charge in [0, 0.05) is 29.0 Å². The van der Waals surface area contributed by atoms with Crippen molar-refractivity contribution < 1.29 is 26.6 Å². The Balaban J connectivity index is 0.00000363. The third-order valence-corrected chi connectivity index (χ3v) is 3.75. The molecule has 170 valence electrons. The maximum absolute atomic E-state index is 13.0. The molecule has 1 aromatic carbocycles. The summed E-state index contributed by atoms with van der Waals surface area (Å²) in [5.41, 5.74) is 6.42. The SMILES string of the molecule is Nc1nc(Nc2ccc(F)cc2)nn1-c1cc(NCCC(=O)NCC(F)(F)F)ncn1.[HH].[HH].[HH]. The van der Waals surface area contributed by atoms with Gasteiger partial charge in [0.1, 0.15) is 24.5 Å². The summed E-state index contributed by atoms with van der Waals surface area (Å²) < 4.78 is 50.5. The molecular formula is C17H23F4N9O. The Morgan fingerprint density at radius 3 is 2.65 bits per heavy atom. The normalized spacial score (nSPS) is 11.2. The number of hydrogen-bond donors (Lipinski definition) is 4. The van der Waals surface area contributed by atoms with Gasteiger partial charge in [-0.2, -0.15) is 22.8 Å². The molecule has 0 aliphatic carbocycles. The molecule has 3 aromatic rings. The number of amides is 1. The average molecular weight is 445 g/mol. The van der Waals surface area contributed by atoms with Gasteiger partial charge in [0.05, 0.1) is 0 Å². The molecule has 0 radical (unpaired) electrons. The fourth-order valence-electron chi connectivity index (χ4n) is 2.36. The number of hydrogen-bond acceptors (Lipinski definition) is 8. The van der Waals surface area contributed by atoms with Crippen molar-refractivity contribution in [2.45, 2.75) is 12.6 Å². The number of alkyl halides is 3. The highest BCUT2D eigenvalue weighted by Crippen LogP contribution is 2.18. The number of aromatic nitrogens is 5. The van der Waals surface area contributed by atoms with Crippen molar-refractivity contribution in [2.24, 2.45) is 0 Å². The highest BCUT2D eigenvalue weighted by Gasteiger charge is 2.27. The molecule has 0 spiro atoms. The fraction of sp³-hybridized carbons (Fsp3) is 0.235. The number of nitrogens with one attached hydrogen (secondary N) is 3. The highest BCUT2D eigenvalue weighted by atomic mass is 19.4. The number of carbonyl (C=O) groups is 1. The van der Waals surface area contributed by atoms with Crippen LogP contribution >= 0.6 is 0 Å². The second-order valence-electron chi connectivity index (χ2n) is 6.17. The molecule has 31 heavy (non-hydrogen) atoms. The molecule has 0 fully saturated rings. The van der Waals surface area contributed by atoms with Crippen LogP contribution in [-0.2, 0) is 4.79 Å². The van der Waals surface area contributed by atoms with Crippen molar-refractivity contribution in [3.63, 3.8) is 0 Å². The predicted molar refractivity (Wildman–Crippen MR) is 110 cm³/mol. The van der Waals surface area contributed by atoms with Crippen molar-refractivity contribution in [1.29, 1.82) is 0 Å². The molecule has 2 heterocycles. The zero-order chi connectivity index (χ0) is 22.4. The van der Waals surface area contributed by atoms with Gasteiger partial charge in [-0.1, -0.05) is 0 Å². The van der Waals surface area contributed by atoms with Crippen molar-refractivity contribution in [3.05, 3.63) is 42.5 Å². The van der Waals surface area contributed by atoms with Crippen LogP contribution in [0.1, 0.15) is 10.7 Å². The third kappa shape index (κ3) is 6.52. The molecule has 10 nitrogen and oxygen atoms in total. The van der Waals surface area contributed by atoms with Gasteiger partial charge >= 0.3 is 6.18 Å². The second-order valence-corrected chi connectivity index (χ2v) is 6.17. The summed E-state index contributed by atoms with van der Waals surface area (Å²) in [6, 6.07) is 7.02. The molecule has 14 heteroatoms. The molecule has 0 bridgehead atoms. The molecule has 0 atom stereocenters. The molecule has 3 rings (SSSR count). The fourth-order valence-corrected chi connectivity index (χ4v) is 2.36. The van der Waals surface area contributed by atoms with Crippen molar-refractivity contribution >= 4 is 29.3 Å². The van der Waals surface area contributed by atoms with Crippen LogP contribution in [0.5, 0.6) is 0 Å². The lowest BCUT2D eigenvalue weighted by atomic mass is 10.3. The minimum Gasteiger partial charge on any atom is -0.369 e. The minimum atomic E-state index is -4.47. The van der Waals surface area contributed by atoms with E-state index in [9.17, 15) is 22.4 Å². The summed E-state index contributed by atoms with van der Waals surface area (Å²) >= 11 is 0. The van der Waals surface area contributed by atoms with Crippen LogP contribution in [0.2, 0.25) is 0 Å². The van der Waals surface area contributed by atoms with E-state index in [0.717, 1.165) is 0 Å². The van der Waals surface area contributed by atoms with Gasteiger partial charge in [0.25, 0.3) is 0 Å².